The predicted molar refractivity (Wildman–Crippen MR) is 166 cm³/mol. The fraction of sp³-hybridized carbons (Fsp3) is 0.448. The summed E-state index contributed by atoms with van der Waals surface area (Å²) in [7, 11) is -1.70. The summed E-state index contributed by atoms with van der Waals surface area (Å²) in [6, 6.07) is 1.84. The summed E-state index contributed by atoms with van der Waals surface area (Å²) >= 11 is 1.20. The van der Waals surface area contributed by atoms with Crippen molar-refractivity contribution >= 4 is 49.5 Å². The van der Waals surface area contributed by atoms with Crippen LogP contribution >= 0.6 is 11.3 Å². The smallest absolute Gasteiger partial charge is 0.410 e. The lowest BCUT2D eigenvalue weighted by Gasteiger charge is -2.30. The molecule has 4 aromatic heterocycles. The molecule has 0 saturated carbocycles. The second kappa shape index (κ2) is 11.1. The van der Waals surface area contributed by atoms with Crippen molar-refractivity contribution < 1.29 is 17.9 Å². The van der Waals surface area contributed by atoms with Crippen LogP contribution in [-0.4, -0.2) is 79.6 Å². The monoisotopic (exact) mass is 624 g/mol. The normalized spacial score (nSPS) is 16.6. The molecule has 1 fully saturated rings. The van der Waals surface area contributed by atoms with Gasteiger partial charge >= 0.3 is 6.09 Å². The lowest BCUT2D eigenvalue weighted by atomic mass is 10.1. The zero-order valence-electron chi connectivity index (χ0n) is 25.0. The molecular formula is C29H36N8O4S2. The molecule has 228 valence electrons. The molecule has 0 spiro atoms. The second-order valence-corrected chi connectivity index (χ2v) is 15.1. The average molecular weight is 625 g/mol. The summed E-state index contributed by atoms with van der Waals surface area (Å²) < 4.78 is 37.9. The summed E-state index contributed by atoms with van der Waals surface area (Å²) in [5.41, 5.74) is 3.94. The third-order valence-electron chi connectivity index (χ3n) is 7.38. The molecular weight excluding hydrogens is 589 g/mol. The van der Waals surface area contributed by atoms with Crippen molar-refractivity contribution in [3.05, 3.63) is 48.2 Å². The number of carbonyl (C=O) groups is 1. The molecule has 1 saturated heterocycles. The fourth-order valence-corrected chi connectivity index (χ4v) is 8.60. The molecule has 14 heteroatoms. The molecule has 6 rings (SSSR count). The van der Waals surface area contributed by atoms with Gasteiger partial charge in [0, 0.05) is 44.6 Å². The summed E-state index contributed by atoms with van der Waals surface area (Å²) in [5, 5.41) is 8.35. The number of amides is 1. The summed E-state index contributed by atoms with van der Waals surface area (Å²) in [6.07, 6.45) is 11.5. The first-order valence-electron chi connectivity index (χ1n) is 14.3. The summed E-state index contributed by atoms with van der Waals surface area (Å²) in [5.74, 6) is 0.481. The number of fused-ring (bicyclic) bond motifs is 1. The molecule has 43 heavy (non-hydrogen) atoms. The van der Waals surface area contributed by atoms with Gasteiger partial charge in [0.25, 0.3) is 10.0 Å². The molecule has 0 atom stereocenters. The Labute approximate surface area is 255 Å². The number of aryl methyl sites for hydroxylation is 2. The number of hydrogen-bond acceptors (Lipinski definition) is 9. The van der Waals surface area contributed by atoms with E-state index in [9.17, 15) is 13.2 Å². The van der Waals surface area contributed by atoms with E-state index in [-0.39, 0.29) is 6.09 Å². The Kier molecular flexibility index (Phi) is 7.55. The molecule has 0 aromatic carbocycles. The minimum atomic E-state index is -3.56. The maximum Gasteiger partial charge on any atom is 0.410 e. The predicted octanol–water partition coefficient (Wildman–Crippen LogP) is 5.05. The fourth-order valence-electron chi connectivity index (χ4n) is 5.35. The molecule has 0 radical (unpaired) electrons. The van der Waals surface area contributed by atoms with E-state index >= 15 is 0 Å². The molecule has 1 N–H and O–H groups in total. The number of nitrogens with one attached hydrogen (secondary N) is 1. The van der Waals surface area contributed by atoms with E-state index in [2.05, 4.69) is 21.5 Å². The topological polar surface area (TPSA) is 127 Å². The average Bonchev–Trinajstić information content (AvgIpc) is 3.75. The van der Waals surface area contributed by atoms with Gasteiger partial charge in [-0.2, -0.15) is 9.40 Å². The van der Waals surface area contributed by atoms with Crippen LogP contribution in [-0.2, 0) is 21.8 Å². The van der Waals surface area contributed by atoms with Crippen LogP contribution in [0.15, 0.2) is 41.1 Å². The van der Waals surface area contributed by atoms with Crippen LogP contribution in [0, 0.1) is 6.92 Å². The van der Waals surface area contributed by atoms with Crippen molar-refractivity contribution in [2.45, 2.75) is 56.8 Å². The van der Waals surface area contributed by atoms with Crippen LogP contribution in [0.4, 0.5) is 15.6 Å². The second-order valence-electron chi connectivity index (χ2n) is 12.0. The van der Waals surface area contributed by atoms with Gasteiger partial charge in [0.2, 0.25) is 0 Å². The zero-order chi connectivity index (χ0) is 30.5. The number of imidazole rings is 1. The van der Waals surface area contributed by atoms with Gasteiger partial charge in [-0.15, -0.1) is 11.3 Å². The summed E-state index contributed by atoms with van der Waals surface area (Å²) in [4.78, 5) is 24.2. The van der Waals surface area contributed by atoms with Crippen molar-refractivity contribution in [2.75, 3.05) is 31.5 Å². The number of rotatable bonds is 6. The molecule has 2 aliphatic rings. The molecule has 0 bridgehead atoms. The van der Waals surface area contributed by atoms with Crippen LogP contribution in [0.3, 0.4) is 0 Å². The number of carbonyl (C=O) groups excluding carboxylic acids is 1. The Balaban J connectivity index is 1.39. The van der Waals surface area contributed by atoms with E-state index in [1.54, 1.807) is 26.3 Å². The van der Waals surface area contributed by atoms with Gasteiger partial charge in [-0.1, -0.05) is 6.08 Å². The quantitative estimate of drug-likeness (QED) is 0.316. The molecule has 4 aromatic rings. The van der Waals surface area contributed by atoms with E-state index in [1.807, 2.05) is 57.6 Å². The van der Waals surface area contributed by atoms with Crippen LogP contribution in [0.25, 0.3) is 22.5 Å². The number of ether oxygens (including phenoxy) is 1. The van der Waals surface area contributed by atoms with Gasteiger partial charge in [0.1, 0.15) is 9.81 Å². The number of aromatic nitrogens is 5. The Morgan fingerprint density at radius 2 is 1.88 bits per heavy atom. The van der Waals surface area contributed by atoms with Crippen molar-refractivity contribution in [3.63, 3.8) is 0 Å². The Morgan fingerprint density at radius 1 is 1.12 bits per heavy atom. The SMILES string of the molecule is Cc1cc(Nc2nc(C3=CCCN(C(=O)OC(C)(C)C)C3)cn3c(-c4cnn(C)c4)cnc23)sc1S(=O)(=O)N1CCCC1. The maximum atomic E-state index is 13.3. The zero-order valence-corrected chi connectivity index (χ0v) is 26.6. The van der Waals surface area contributed by atoms with Crippen molar-refractivity contribution in [1.82, 2.24) is 33.4 Å². The van der Waals surface area contributed by atoms with E-state index in [0.717, 1.165) is 29.7 Å². The van der Waals surface area contributed by atoms with E-state index in [0.29, 0.717) is 64.5 Å². The molecule has 0 aliphatic carbocycles. The van der Waals surface area contributed by atoms with Gasteiger partial charge in [-0.3, -0.25) is 9.08 Å². The molecule has 12 nitrogen and oxygen atoms in total. The Hall–Kier alpha value is -3.75. The lowest BCUT2D eigenvalue weighted by Crippen LogP contribution is -2.39. The number of thiophene rings is 1. The first-order valence-corrected chi connectivity index (χ1v) is 16.6. The third kappa shape index (κ3) is 5.91. The van der Waals surface area contributed by atoms with Crippen LogP contribution in [0.2, 0.25) is 0 Å². The minimum Gasteiger partial charge on any atom is -0.444 e. The first kappa shape index (κ1) is 29.3. The van der Waals surface area contributed by atoms with E-state index in [1.165, 1.54) is 11.3 Å². The highest BCUT2D eigenvalue weighted by Crippen LogP contribution is 2.37. The van der Waals surface area contributed by atoms with Gasteiger partial charge in [0.15, 0.2) is 11.5 Å². The van der Waals surface area contributed by atoms with E-state index < -0.39 is 15.6 Å². The van der Waals surface area contributed by atoms with Gasteiger partial charge < -0.3 is 15.0 Å². The van der Waals surface area contributed by atoms with Gasteiger partial charge in [-0.05, 0) is 64.2 Å². The number of hydrogen-bond donors (Lipinski definition) is 1. The standard InChI is InChI=1S/C29H36N8O4S2/c1-19-13-24(42-27(19)43(39,40)36-11-6-7-12-36)33-25-26-30-15-23(21-14-31-34(5)16-21)37(26)18-22(32-25)20-9-8-10-35(17-20)28(38)41-29(2,3)4/h9,13-16,18H,6-8,10-12,17H2,1-5H3,(H,32,33). The van der Waals surface area contributed by atoms with Crippen molar-refractivity contribution in [2.24, 2.45) is 7.05 Å². The number of sulfonamides is 1. The van der Waals surface area contributed by atoms with E-state index in [4.69, 9.17) is 9.72 Å². The van der Waals surface area contributed by atoms with Crippen molar-refractivity contribution in [1.29, 1.82) is 0 Å². The van der Waals surface area contributed by atoms with Crippen molar-refractivity contribution in [3.8, 4) is 11.3 Å². The Bertz CT molecular complexity index is 1820. The first-order chi connectivity index (χ1) is 20.4. The Morgan fingerprint density at radius 3 is 2.58 bits per heavy atom. The molecule has 0 unspecified atom stereocenters. The number of nitrogens with zero attached hydrogens (tertiary/aromatic N) is 7. The molecule has 1 amide bonds. The summed E-state index contributed by atoms with van der Waals surface area (Å²) in [6.45, 7) is 9.38. The highest BCUT2D eigenvalue weighted by atomic mass is 32.2. The minimum absolute atomic E-state index is 0.339. The highest BCUT2D eigenvalue weighted by molar-refractivity contribution is 7.91. The largest absolute Gasteiger partial charge is 0.444 e. The highest BCUT2D eigenvalue weighted by Gasteiger charge is 2.31. The lowest BCUT2D eigenvalue weighted by molar-refractivity contribution is 0.0273. The molecule has 2 aliphatic heterocycles. The van der Waals surface area contributed by atoms with Gasteiger partial charge in [0.05, 0.1) is 35.3 Å². The van der Waals surface area contributed by atoms with Gasteiger partial charge in [-0.25, -0.2) is 23.2 Å². The van der Waals surface area contributed by atoms with Crippen LogP contribution in [0.5, 0.6) is 0 Å². The maximum absolute atomic E-state index is 13.3. The van der Waals surface area contributed by atoms with Crippen LogP contribution in [0.1, 0.15) is 51.3 Å². The number of anilines is 2. The van der Waals surface area contributed by atoms with Crippen LogP contribution < -0.4 is 5.32 Å². The molecule has 6 heterocycles. The third-order valence-corrected chi connectivity index (χ3v) is 11.0.